The van der Waals surface area contributed by atoms with E-state index in [0.29, 0.717) is 18.8 Å². The minimum atomic E-state index is -0.789. The first-order valence-electron chi connectivity index (χ1n) is 6.60. The standard InChI is InChI=1S/C14H17FN2O4/c1-20-14(19)11-6-9(2-3-12(11)15)17-13(18)7-10-8-16-4-5-21-10/h2-3,6,10,16H,4-5,7-8H2,1H3,(H,17,18). The van der Waals surface area contributed by atoms with Crippen LogP contribution in [0.4, 0.5) is 10.1 Å². The highest BCUT2D eigenvalue weighted by Crippen LogP contribution is 2.16. The number of anilines is 1. The van der Waals surface area contributed by atoms with Crippen molar-refractivity contribution in [3.05, 3.63) is 29.6 Å². The molecule has 1 heterocycles. The maximum absolute atomic E-state index is 13.5. The topological polar surface area (TPSA) is 76.7 Å². The zero-order chi connectivity index (χ0) is 15.2. The smallest absolute Gasteiger partial charge is 0.340 e. The summed E-state index contributed by atoms with van der Waals surface area (Å²) in [6, 6.07) is 3.75. The van der Waals surface area contributed by atoms with E-state index in [4.69, 9.17) is 4.74 Å². The number of benzene rings is 1. The summed E-state index contributed by atoms with van der Waals surface area (Å²) in [7, 11) is 1.17. The molecule has 0 aliphatic carbocycles. The molecule has 1 unspecified atom stereocenters. The number of esters is 1. The van der Waals surface area contributed by atoms with Crippen molar-refractivity contribution >= 4 is 17.6 Å². The van der Waals surface area contributed by atoms with Crippen LogP contribution in [0.2, 0.25) is 0 Å². The first-order chi connectivity index (χ1) is 10.1. The molecular weight excluding hydrogens is 279 g/mol. The number of hydrogen-bond acceptors (Lipinski definition) is 5. The highest BCUT2D eigenvalue weighted by Gasteiger charge is 2.18. The van der Waals surface area contributed by atoms with Gasteiger partial charge in [0.1, 0.15) is 5.82 Å². The maximum atomic E-state index is 13.5. The van der Waals surface area contributed by atoms with Gasteiger partial charge >= 0.3 is 5.97 Å². The lowest BCUT2D eigenvalue weighted by Gasteiger charge is -2.23. The number of halogens is 1. The molecule has 2 rings (SSSR count). The number of morpholine rings is 1. The van der Waals surface area contributed by atoms with Crippen molar-refractivity contribution in [1.82, 2.24) is 5.32 Å². The Morgan fingerprint density at radius 3 is 3.00 bits per heavy atom. The van der Waals surface area contributed by atoms with Crippen LogP contribution in [0.1, 0.15) is 16.8 Å². The summed E-state index contributed by atoms with van der Waals surface area (Å²) in [5.41, 5.74) is 0.122. The van der Waals surface area contributed by atoms with E-state index < -0.39 is 11.8 Å². The van der Waals surface area contributed by atoms with Gasteiger partial charge in [0.2, 0.25) is 5.91 Å². The lowest BCUT2D eigenvalue weighted by Crippen LogP contribution is -2.40. The number of nitrogens with one attached hydrogen (secondary N) is 2. The summed E-state index contributed by atoms with van der Waals surface area (Å²) in [4.78, 5) is 23.3. The molecule has 0 spiro atoms. The zero-order valence-corrected chi connectivity index (χ0v) is 11.6. The van der Waals surface area contributed by atoms with Gasteiger partial charge in [-0.3, -0.25) is 4.79 Å². The van der Waals surface area contributed by atoms with Gasteiger partial charge in [0.05, 0.1) is 31.8 Å². The zero-order valence-electron chi connectivity index (χ0n) is 11.6. The SMILES string of the molecule is COC(=O)c1cc(NC(=O)CC2CNCCO2)ccc1F. The fourth-order valence-corrected chi connectivity index (χ4v) is 2.04. The highest BCUT2D eigenvalue weighted by atomic mass is 19.1. The van der Waals surface area contributed by atoms with Crippen LogP contribution in [0.15, 0.2) is 18.2 Å². The third-order valence-corrected chi connectivity index (χ3v) is 3.07. The second-order valence-corrected chi connectivity index (χ2v) is 4.64. The Balaban J connectivity index is 1.98. The molecule has 114 valence electrons. The molecule has 1 amide bonds. The lowest BCUT2D eigenvalue weighted by molar-refractivity contribution is -0.119. The van der Waals surface area contributed by atoms with Crippen molar-refractivity contribution < 1.29 is 23.5 Å². The minimum Gasteiger partial charge on any atom is -0.465 e. The second kappa shape index (κ2) is 7.14. The fourth-order valence-electron chi connectivity index (χ4n) is 2.04. The van der Waals surface area contributed by atoms with Gasteiger partial charge < -0.3 is 20.1 Å². The largest absolute Gasteiger partial charge is 0.465 e. The molecule has 21 heavy (non-hydrogen) atoms. The average molecular weight is 296 g/mol. The van der Waals surface area contributed by atoms with Crippen LogP contribution >= 0.6 is 0 Å². The van der Waals surface area contributed by atoms with E-state index in [0.717, 1.165) is 12.6 Å². The van der Waals surface area contributed by atoms with Gasteiger partial charge in [-0.2, -0.15) is 0 Å². The van der Waals surface area contributed by atoms with E-state index >= 15 is 0 Å². The third-order valence-electron chi connectivity index (χ3n) is 3.07. The number of methoxy groups -OCH3 is 1. The molecule has 1 aromatic rings. The second-order valence-electron chi connectivity index (χ2n) is 4.64. The molecule has 1 aliphatic rings. The van der Waals surface area contributed by atoms with E-state index in [1.165, 1.54) is 19.2 Å². The van der Waals surface area contributed by atoms with E-state index in [-0.39, 0.29) is 24.0 Å². The Bertz CT molecular complexity index is 530. The molecule has 1 aromatic carbocycles. The monoisotopic (exact) mass is 296 g/mol. The van der Waals surface area contributed by atoms with Crippen molar-refractivity contribution in [2.24, 2.45) is 0 Å². The lowest BCUT2D eigenvalue weighted by atomic mass is 10.1. The van der Waals surface area contributed by atoms with Crippen LogP contribution in [-0.4, -0.2) is 44.8 Å². The van der Waals surface area contributed by atoms with Crippen LogP contribution in [0.25, 0.3) is 0 Å². The first kappa shape index (κ1) is 15.4. The summed E-state index contributed by atoms with van der Waals surface area (Å²) in [5.74, 6) is -1.74. The molecule has 1 atom stereocenters. The number of ether oxygens (including phenoxy) is 2. The Labute approximate surface area is 121 Å². The number of hydrogen-bond donors (Lipinski definition) is 2. The number of amides is 1. The Morgan fingerprint density at radius 1 is 1.52 bits per heavy atom. The van der Waals surface area contributed by atoms with E-state index in [2.05, 4.69) is 15.4 Å². The molecule has 7 heteroatoms. The van der Waals surface area contributed by atoms with E-state index in [1.54, 1.807) is 0 Å². The molecule has 2 N–H and O–H groups in total. The van der Waals surface area contributed by atoms with Crippen molar-refractivity contribution in [3.63, 3.8) is 0 Å². The van der Waals surface area contributed by atoms with Crippen molar-refractivity contribution in [2.75, 3.05) is 32.1 Å². The molecule has 0 saturated carbocycles. The predicted octanol–water partition coefficient (Wildman–Crippen LogP) is 0.929. The van der Waals surface area contributed by atoms with Gasteiger partial charge in [-0.05, 0) is 18.2 Å². The number of carbonyl (C=O) groups is 2. The third kappa shape index (κ3) is 4.24. The average Bonchev–Trinajstić information content (AvgIpc) is 2.49. The predicted molar refractivity (Wildman–Crippen MR) is 73.6 cm³/mol. The molecule has 1 saturated heterocycles. The minimum absolute atomic E-state index is 0.181. The van der Waals surface area contributed by atoms with Crippen molar-refractivity contribution in [2.45, 2.75) is 12.5 Å². The normalized spacial score (nSPS) is 18.1. The van der Waals surface area contributed by atoms with Gasteiger partial charge in [0.25, 0.3) is 0 Å². The van der Waals surface area contributed by atoms with Gasteiger partial charge in [-0.25, -0.2) is 9.18 Å². The van der Waals surface area contributed by atoms with E-state index in [9.17, 15) is 14.0 Å². The summed E-state index contributed by atoms with van der Waals surface area (Å²) in [6.07, 6.45) is 0.0112. The van der Waals surface area contributed by atoms with Gasteiger partial charge in [0.15, 0.2) is 0 Å². The Morgan fingerprint density at radius 2 is 2.33 bits per heavy atom. The van der Waals surface area contributed by atoms with Crippen LogP contribution in [0, 0.1) is 5.82 Å². The summed E-state index contributed by atoms with van der Waals surface area (Å²) in [6.45, 7) is 1.96. The molecule has 1 aliphatic heterocycles. The van der Waals surface area contributed by atoms with Gasteiger partial charge in [-0.1, -0.05) is 0 Å². The fraction of sp³-hybridized carbons (Fsp3) is 0.429. The van der Waals surface area contributed by atoms with Crippen LogP contribution in [-0.2, 0) is 14.3 Å². The van der Waals surface area contributed by atoms with Gasteiger partial charge in [0, 0.05) is 18.8 Å². The van der Waals surface area contributed by atoms with Crippen molar-refractivity contribution in [3.8, 4) is 0 Å². The summed E-state index contributed by atoms with van der Waals surface area (Å²) >= 11 is 0. The van der Waals surface area contributed by atoms with Crippen LogP contribution < -0.4 is 10.6 Å². The molecule has 1 fully saturated rings. The number of carbonyl (C=O) groups excluding carboxylic acids is 2. The Kier molecular flexibility index (Phi) is 5.24. The highest BCUT2D eigenvalue weighted by molar-refractivity contribution is 5.94. The first-order valence-corrected chi connectivity index (χ1v) is 6.60. The summed E-state index contributed by atoms with van der Waals surface area (Å²) < 4.78 is 23.4. The molecule has 0 aromatic heterocycles. The van der Waals surface area contributed by atoms with E-state index in [1.807, 2.05) is 0 Å². The molecule has 6 nitrogen and oxygen atoms in total. The molecular formula is C14H17FN2O4. The molecule has 0 radical (unpaired) electrons. The van der Waals surface area contributed by atoms with Crippen molar-refractivity contribution in [1.29, 1.82) is 0 Å². The van der Waals surface area contributed by atoms with Gasteiger partial charge in [-0.15, -0.1) is 0 Å². The Hall–Kier alpha value is -1.99. The summed E-state index contributed by atoms with van der Waals surface area (Å²) in [5, 5.41) is 5.74. The molecule has 0 bridgehead atoms. The quantitative estimate of drug-likeness (QED) is 0.808. The maximum Gasteiger partial charge on any atom is 0.340 e. The van der Waals surface area contributed by atoms with Crippen LogP contribution in [0.3, 0.4) is 0 Å². The number of rotatable bonds is 4. The van der Waals surface area contributed by atoms with Crippen LogP contribution in [0.5, 0.6) is 0 Å².